The highest BCUT2D eigenvalue weighted by Crippen LogP contribution is 2.23. The molecule has 0 aliphatic rings. The molecule has 0 bridgehead atoms. The molecule has 172 valence electrons. The number of ketones is 1. The summed E-state index contributed by atoms with van der Waals surface area (Å²) in [5.74, 6) is -0.302. The SMILES string of the molecule is CN(C)S(=O)(=O)c1cccc(C(=O)/C=C/c2cn(Cc3ccccc3)nc2-c2cccnc2)c1. The number of nitrogens with zero attached hydrogens (tertiary/aromatic N) is 4. The van der Waals surface area contributed by atoms with Gasteiger partial charge in [-0.15, -0.1) is 0 Å². The van der Waals surface area contributed by atoms with Crippen LogP contribution in [0.1, 0.15) is 21.5 Å². The van der Waals surface area contributed by atoms with Crippen molar-refractivity contribution in [2.24, 2.45) is 0 Å². The first kappa shape index (κ1) is 23.3. The van der Waals surface area contributed by atoms with Crippen LogP contribution in [0.2, 0.25) is 0 Å². The predicted molar refractivity (Wildman–Crippen MR) is 132 cm³/mol. The van der Waals surface area contributed by atoms with E-state index in [4.69, 9.17) is 5.10 Å². The van der Waals surface area contributed by atoms with Gasteiger partial charge in [0.1, 0.15) is 5.69 Å². The van der Waals surface area contributed by atoms with Gasteiger partial charge in [-0.3, -0.25) is 14.5 Å². The molecular formula is C26H24N4O3S. The summed E-state index contributed by atoms with van der Waals surface area (Å²) < 4.78 is 27.8. The predicted octanol–water partition coefficient (Wildman–Crippen LogP) is 4.14. The Hall–Kier alpha value is -3.88. The Morgan fingerprint density at radius 3 is 2.53 bits per heavy atom. The van der Waals surface area contributed by atoms with Crippen LogP contribution in [0.5, 0.6) is 0 Å². The highest BCUT2D eigenvalue weighted by Gasteiger charge is 2.18. The molecule has 0 radical (unpaired) electrons. The van der Waals surface area contributed by atoms with Gasteiger partial charge in [0.15, 0.2) is 5.78 Å². The average molecular weight is 473 g/mol. The van der Waals surface area contributed by atoms with Gasteiger partial charge in [-0.2, -0.15) is 5.10 Å². The molecule has 0 N–H and O–H groups in total. The van der Waals surface area contributed by atoms with Gasteiger partial charge in [-0.25, -0.2) is 12.7 Å². The van der Waals surface area contributed by atoms with Crippen molar-refractivity contribution in [3.63, 3.8) is 0 Å². The zero-order valence-corrected chi connectivity index (χ0v) is 19.7. The summed E-state index contributed by atoms with van der Waals surface area (Å²) in [7, 11) is -0.722. The quantitative estimate of drug-likeness (QED) is 0.284. The second-order valence-corrected chi connectivity index (χ2v) is 10.0. The third kappa shape index (κ3) is 5.19. The highest BCUT2D eigenvalue weighted by atomic mass is 32.2. The summed E-state index contributed by atoms with van der Waals surface area (Å²) in [6.07, 6.45) is 8.44. The lowest BCUT2D eigenvalue weighted by Gasteiger charge is -2.11. The summed E-state index contributed by atoms with van der Waals surface area (Å²) in [5.41, 5.74) is 3.69. The molecule has 2 aromatic carbocycles. The molecule has 0 aliphatic heterocycles. The molecule has 0 atom stereocenters. The summed E-state index contributed by atoms with van der Waals surface area (Å²) in [6, 6.07) is 19.8. The number of rotatable bonds is 8. The minimum absolute atomic E-state index is 0.0727. The van der Waals surface area contributed by atoms with E-state index in [-0.39, 0.29) is 10.7 Å². The first-order chi connectivity index (χ1) is 16.3. The molecule has 0 amide bonds. The number of hydrogen-bond acceptors (Lipinski definition) is 5. The molecule has 0 spiro atoms. The molecule has 7 nitrogen and oxygen atoms in total. The van der Waals surface area contributed by atoms with Gasteiger partial charge < -0.3 is 0 Å². The largest absolute Gasteiger partial charge is 0.289 e. The zero-order chi connectivity index (χ0) is 24.1. The van der Waals surface area contributed by atoms with E-state index in [1.807, 2.05) is 53.3 Å². The second kappa shape index (κ2) is 9.94. The Morgan fingerprint density at radius 1 is 1.03 bits per heavy atom. The lowest BCUT2D eigenvalue weighted by Crippen LogP contribution is -2.22. The third-order valence-corrected chi connectivity index (χ3v) is 7.03. The molecule has 4 rings (SSSR count). The molecule has 0 aliphatic carbocycles. The molecule has 4 aromatic rings. The fourth-order valence-corrected chi connectivity index (χ4v) is 4.37. The Morgan fingerprint density at radius 2 is 1.82 bits per heavy atom. The normalized spacial score (nSPS) is 11.9. The molecule has 2 heterocycles. The van der Waals surface area contributed by atoms with E-state index in [1.165, 1.54) is 32.3 Å². The number of pyridine rings is 1. The Bertz CT molecular complexity index is 1430. The number of benzene rings is 2. The summed E-state index contributed by atoms with van der Waals surface area (Å²) in [5, 5.41) is 4.72. The van der Waals surface area contributed by atoms with Gasteiger partial charge in [0.2, 0.25) is 10.0 Å². The van der Waals surface area contributed by atoms with E-state index in [1.54, 1.807) is 30.6 Å². The van der Waals surface area contributed by atoms with Crippen molar-refractivity contribution in [1.29, 1.82) is 0 Å². The van der Waals surface area contributed by atoms with E-state index < -0.39 is 10.0 Å². The van der Waals surface area contributed by atoms with Crippen molar-refractivity contribution in [2.45, 2.75) is 11.4 Å². The van der Waals surface area contributed by atoms with Gasteiger partial charge in [-0.05, 0) is 42.0 Å². The van der Waals surface area contributed by atoms with Crippen molar-refractivity contribution >= 4 is 21.9 Å². The van der Waals surface area contributed by atoms with E-state index in [9.17, 15) is 13.2 Å². The van der Waals surface area contributed by atoms with Crippen LogP contribution < -0.4 is 0 Å². The van der Waals surface area contributed by atoms with E-state index in [0.717, 1.165) is 21.0 Å². The minimum atomic E-state index is -3.63. The first-order valence-corrected chi connectivity index (χ1v) is 12.1. The first-order valence-electron chi connectivity index (χ1n) is 10.6. The van der Waals surface area contributed by atoms with Crippen LogP contribution in [-0.2, 0) is 16.6 Å². The maximum absolute atomic E-state index is 12.9. The van der Waals surface area contributed by atoms with Gasteiger partial charge in [-0.1, -0.05) is 42.5 Å². The van der Waals surface area contributed by atoms with Crippen LogP contribution >= 0.6 is 0 Å². The molecular weight excluding hydrogens is 448 g/mol. The Kier molecular flexibility index (Phi) is 6.81. The van der Waals surface area contributed by atoms with Gasteiger partial charge in [0.05, 0.1) is 11.4 Å². The topological polar surface area (TPSA) is 85.2 Å². The highest BCUT2D eigenvalue weighted by molar-refractivity contribution is 7.89. The number of carbonyl (C=O) groups excluding carboxylic acids is 1. The van der Waals surface area contributed by atoms with E-state index in [0.29, 0.717) is 17.8 Å². The van der Waals surface area contributed by atoms with Crippen LogP contribution in [0.4, 0.5) is 0 Å². The maximum Gasteiger partial charge on any atom is 0.242 e. The summed E-state index contributed by atoms with van der Waals surface area (Å²) in [6.45, 7) is 0.584. The molecule has 8 heteroatoms. The monoisotopic (exact) mass is 472 g/mol. The van der Waals surface area contributed by atoms with E-state index in [2.05, 4.69) is 4.98 Å². The number of carbonyl (C=O) groups is 1. The van der Waals surface area contributed by atoms with Crippen LogP contribution in [0, 0.1) is 0 Å². The molecule has 34 heavy (non-hydrogen) atoms. The van der Waals surface area contributed by atoms with Crippen molar-refractivity contribution in [2.75, 3.05) is 14.1 Å². The fourth-order valence-electron chi connectivity index (χ4n) is 3.42. The van der Waals surface area contributed by atoms with Crippen molar-refractivity contribution in [3.8, 4) is 11.3 Å². The van der Waals surface area contributed by atoms with Crippen LogP contribution in [0.15, 0.2) is 96.3 Å². The molecule has 0 unspecified atom stereocenters. The van der Waals surface area contributed by atoms with Crippen LogP contribution in [0.3, 0.4) is 0 Å². The lowest BCUT2D eigenvalue weighted by molar-refractivity contribution is 0.104. The van der Waals surface area contributed by atoms with E-state index >= 15 is 0 Å². The summed E-state index contributed by atoms with van der Waals surface area (Å²) >= 11 is 0. The van der Waals surface area contributed by atoms with Crippen LogP contribution in [0.25, 0.3) is 17.3 Å². The third-order valence-electron chi connectivity index (χ3n) is 5.22. The van der Waals surface area contributed by atoms with Gasteiger partial charge >= 0.3 is 0 Å². The van der Waals surface area contributed by atoms with Crippen molar-refractivity contribution in [3.05, 3.63) is 108 Å². The standard InChI is InChI=1S/C26H24N4O3S/c1-29(2)34(32,33)24-12-6-10-21(16-24)25(31)14-13-23-19-30(18-20-8-4-3-5-9-20)28-26(23)22-11-7-15-27-17-22/h3-17,19H,18H2,1-2H3/b14-13+. The Balaban J connectivity index is 1.65. The number of sulfonamides is 1. The molecule has 0 saturated carbocycles. The molecule has 0 saturated heterocycles. The number of hydrogen-bond donors (Lipinski definition) is 0. The number of aromatic nitrogens is 3. The lowest BCUT2D eigenvalue weighted by atomic mass is 10.1. The average Bonchev–Trinajstić information content (AvgIpc) is 3.26. The van der Waals surface area contributed by atoms with Crippen molar-refractivity contribution in [1.82, 2.24) is 19.1 Å². The second-order valence-electron chi connectivity index (χ2n) is 7.87. The van der Waals surface area contributed by atoms with Crippen molar-refractivity contribution < 1.29 is 13.2 Å². The molecule has 0 fully saturated rings. The minimum Gasteiger partial charge on any atom is -0.289 e. The zero-order valence-electron chi connectivity index (χ0n) is 18.9. The number of allylic oxidation sites excluding steroid dienone is 1. The smallest absolute Gasteiger partial charge is 0.242 e. The van der Waals surface area contributed by atoms with Gasteiger partial charge in [0, 0.05) is 49.4 Å². The fraction of sp³-hybridized carbons (Fsp3) is 0.115. The van der Waals surface area contributed by atoms with Crippen LogP contribution in [-0.4, -0.2) is 47.4 Å². The van der Waals surface area contributed by atoms with Gasteiger partial charge in [0.25, 0.3) is 0 Å². The Labute approximate surface area is 199 Å². The maximum atomic E-state index is 12.9. The molecule has 2 aromatic heterocycles. The summed E-state index contributed by atoms with van der Waals surface area (Å²) in [4.78, 5) is 17.1.